The fourth-order valence-corrected chi connectivity index (χ4v) is 6.01. The molecule has 0 radical (unpaired) electrons. The molecule has 1 aliphatic heterocycles. The highest BCUT2D eigenvalue weighted by atomic mass is 79.9. The van der Waals surface area contributed by atoms with Crippen molar-refractivity contribution >= 4 is 39.5 Å². The van der Waals surface area contributed by atoms with Gasteiger partial charge in [-0.25, -0.2) is 4.39 Å². The third-order valence-electron chi connectivity index (χ3n) is 3.35. The molecule has 0 amide bonds. The van der Waals surface area contributed by atoms with E-state index >= 15 is 0 Å². The molecule has 20 heavy (non-hydrogen) atoms. The Kier molecular flexibility index (Phi) is 4.43. The highest BCUT2D eigenvalue weighted by Crippen LogP contribution is 2.54. The van der Waals surface area contributed by atoms with Gasteiger partial charge in [-0.05, 0) is 53.3 Å². The maximum absolute atomic E-state index is 13.2. The van der Waals surface area contributed by atoms with Crippen molar-refractivity contribution in [2.24, 2.45) is 0 Å². The molecule has 2 aromatic carbocycles. The first-order valence-corrected chi connectivity index (χ1v) is 9.27. The van der Waals surface area contributed by atoms with Crippen molar-refractivity contribution in [1.82, 2.24) is 0 Å². The summed E-state index contributed by atoms with van der Waals surface area (Å²) >= 11 is 7.40. The van der Waals surface area contributed by atoms with E-state index in [9.17, 15) is 4.39 Å². The van der Waals surface area contributed by atoms with Crippen LogP contribution in [0.1, 0.15) is 17.5 Å². The topological polar surface area (TPSA) is 0 Å². The molecular formula is C16H14BrFS2. The van der Waals surface area contributed by atoms with Gasteiger partial charge >= 0.3 is 0 Å². The monoisotopic (exact) mass is 368 g/mol. The van der Waals surface area contributed by atoms with Crippen LogP contribution >= 0.6 is 39.5 Å². The number of benzene rings is 2. The summed E-state index contributed by atoms with van der Waals surface area (Å²) < 4.78 is 14.2. The lowest BCUT2D eigenvalue weighted by molar-refractivity contribution is 0.627. The van der Waals surface area contributed by atoms with Crippen LogP contribution < -0.4 is 0 Å². The lowest BCUT2D eigenvalue weighted by Crippen LogP contribution is -2.24. The Balaban J connectivity index is 2.08. The van der Waals surface area contributed by atoms with Gasteiger partial charge in [-0.2, -0.15) is 0 Å². The summed E-state index contributed by atoms with van der Waals surface area (Å²) in [5, 5.41) is 0. The first-order valence-electron chi connectivity index (χ1n) is 6.51. The van der Waals surface area contributed by atoms with E-state index in [1.165, 1.54) is 17.5 Å². The van der Waals surface area contributed by atoms with Crippen molar-refractivity contribution in [2.75, 3.05) is 11.5 Å². The van der Waals surface area contributed by atoms with Gasteiger partial charge in [0.2, 0.25) is 0 Å². The van der Waals surface area contributed by atoms with Crippen LogP contribution in [0.25, 0.3) is 0 Å². The second-order valence-electron chi connectivity index (χ2n) is 4.68. The standard InChI is InChI=1S/C16H14BrFS2/c17-14-6-2-12(3-7-14)16(19-10-1-11-20-16)13-4-8-15(18)9-5-13/h2-9H,1,10-11H2. The van der Waals surface area contributed by atoms with E-state index in [-0.39, 0.29) is 9.90 Å². The largest absolute Gasteiger partial charge is 0.207 e. The molecule has 0 N–H and O–H groups in total. The van der Waals surface area contributed by atoms with Crippen LogP contribution in [0.5, 0.6) is 0 Å². The van der Waals surface area contributed by atoms with Gasteiger partial charge in [0.25, 0.3) is 0 Å². The first-order chi connectivity index (χ1) is 9.71. The Morgan fingerprint density at radius 3 is 1.90 bits per heavy atom. The quantitative estimate of drug-likeness (QED) is 0.670. The molecular weight excluding hydrogens is 355 g/mol. The summed E-state index contributed by atoms with van der Waals surface area (Å²) in [5.74, 6) is 2.10. The minimum atomic E-state index is -0.175. The zero-order chi connectivity index (χ0) is 14.0. The molecule has 0 aromatic heterocycles. The molecule has 2 aromatic rings. The number of hydrogen-bond donors (Lipinski definition) is 0. The molecule has 0 spiro atoms. The van der Waals surface area contributed by atoms with Gasteiger partial charge < -0.3 is 0 Å². The maximum atomic E-state index is 13.2. The van der Waals surface area contributed by atoms with E-state index in [2.05, 4.69) is 40.2 Å². The normalized spacial score (nSPS) is 17.9. The lowest BCUT2D eigenvalue weighted by atomic mass is 10.0. The second kappa shape index (κ2) is 6.12. The van der Waals surface area contributed by atoms with Crippen molar-refractivity contribution in [1.29, 1.82) is 0 Å². The molecule has 104 valence electrons. The zero-order valence-electron chi connectivity index (χ0n) is 10.8. The highest BCUT2D eigenvalue weighted by Gasteiger charge is 2.37. The summed E-state index contributed by atoms with van der Waals surface area (Å²) in [4.78, 5) is 0. The van der Waals surface area contributed by atoms with Crippen molar-refractivity contribution < 1.29 is 4.39 Å². The third-order valence-corrected chi connectivity index (χ3v) is 7.33. The molecule has 4 heteroatoms. The molecule has 3 rings (SSSR count). The average Bonchev–Trinajstić information content (AvgIpc) is 2.49. The van der Waals surface area contributed by atoms with Crippen molar-refractivity contribution in [2.45, 2.75) is 10.5 Å². The molecule has 0 unspecified atom stereocenters. The Morgan fingerprint density at radius 1 is 0.850 bits per heavy atom. The van der Waals surface area contributed by atoms with Crippen LogP contribution in [0.15, 0.2) is 53.0 Å². The highest BCUT2D eigenvalue weighted by molar-refractivity contribution is 9.10. The van der Waals surface area contributed by atoms with Crippen LogP contribution in [-0.2, 0) is 4.08 Å². The molecule has 1 aliphatic rings. The molecule has 0 atom stereocenters. The maximum Gasteiger partial charge on any atom is 0.123 e. The molecule has 0 bridgehead atoms. The van der Waals surface area contributed by atoms with Gasteiger partial charge in [-0.15, -0.1) is 23.5 Å². The minimum absolute atomic E-state index is 0.105. The summed E-state index contributed by atoms with van der Waals surface area (Å²) in [6.45, 7) is 0. The molecule has 0 aliphatic carbocycles. The Hall–Kier alpha value is -0.450. The second-order valence-corrected chi connectivity index (χ2v) is 8.47. The molecule has 0 nitrogen and oxygen atoms in total. The van der Waals surface area contributed by atoms with E-state index < -0.39 is 0 Å². The van der Waals surface area contributed by atoms with E-state index in [0.29, 0.717) is 0 Å². The van der Waals surface area contributed by atoms with Crippen molar-refractivity contribution in [3.8, 4) is 0 Å². The van der Waals surface area contributed by atoms with E-state index in [1.807, 2.05) is 35.7 Å². The zero-order valence-corrected chi connectivity index (χ0v) is 14.0. The molecule has 1 heterocycles. The Bertz CT molecular complexity index is 527. The fourth-order valence-electron chi connectivity index (χ4n) is 2.37. The number of rotatable bonds is 2. The van der Waals surface area contributed by atoms with Gasteiger partial charge in [-0.3, -0.25) is 0 Å². The van der Waals surface area contributed by atoms with Gasteiger partial charge in [0.1, 0.15) is 9.90 Å². The van der Waals surface area contributed by atoms with Crippen LogP contribution in [0.3, 0.4) is 0 Å². The SMILES string of the molecule is Fc1ccc(C2(c3ccc(Br)cc3)SCCCS2)cc1. The van der Waals surface area contributed by atoms with Crippen LogP contribution in [-0.4, -0.2) is 11.5 Å². The number of halogens is 2. The van der Waals surface area contributed by atoms with Crippen LogP contribution in [0, 0.1) is 5.82 Å². The Labute approximate surface area is 135 Å². The van der Waals surface area contributed by atoms with Crippen LogP contribution in [0.2, 0.25) is 0 Å². The number of hydrogen-bond acceptors (Lipinski definition) is 2. The molecule has 1 fully saturated rings. The predicted molar refractivity (Wildman–Crippen MR) is 90.9 cm³/mol. The molecule has 0 saturated carbocycles. The van der Waals surface area contributed by atoms with Gasteiger partial charge in [0, 0.05) is 4.47 Å². The first kappa shape index (κ1) is 14.5. The van der Waals surface area contributed by atoms with Crippen molar-refractivity contribution in [3.05, 3.63) is 69.9 Å². The predicted octanol–water partition coefficient (Wildman–Crippen LogP) is 5.66. The third kappa shape index (κ3) is 2.78. The molecule has 1 saturated heterocycles. The Morgan fingerprint density at radius 2 is 1.35 bits per heavy atom. The average molecular weight is 369 g/mol. The summed E-state index contributed by atoms with van der Waals surface area (Å²) in [5.41, 5.74) is 2.46. The van der Waals surface area contributed by atoms with Gasteiger partial charge in [-0.1, -0.05) is 40.2 Å². The fraction of sp³-hybridized carbons (Fsp3) is 0.250. The van der Waals surface area contributed by atoms with E-state index in [4.69, 9.17) is 0 Å². The van der Waals surface area contributed by atoms with Crippen LogP contribution in [0.4, 0.5) is 4.39 Å². The van der Waals surface area contributed by atoms with Crippen molar-refractivity contribution in [3.63, 3.8) is 0 Å². The summed E-state index contributed by atoms with van der Waals surface area (Å²) in [7, 11) is 0. The summed E-state index contributed by atoms with van der Waals surface area (Å²) in [6, 6.07) is 15.5. The van der Waals surface area contributed by atoms with E-state index in [1.54, 1.807) is 12.1 Å². The minimum Gasteiger partial charge on any atom is -0.207 e. The summed E-state index contributed by atoms with van der Waals surface area (Å²) in [6.07, 6.45) is 1.23. The van der Waals surface area contributed by atoms with E-state index in [0.717, 1.165) is 16.0 Å². The van der Waals surface area contributed by atoms with Gasteiger partial charge in [0.05, 0.1) is 0 Å². The smallest absolute Gasteiger partial charge is 0.123 e. The number of thioether (sulfide) groups is 2. The van der Waals surface area contributed by atoms with Gasteiger partial charge in [0.15, 0.2) is 0 Å². The lowest BCUT2D eigenvalue weighted by Gasteiger charge is -2.37.